The molecule has 5 nitrogen and oxygen atoms in total. The summed E-state index contributed by atoms with van der Waals surface area (Å²) in [6.45, 7) is 1.88. The number of hydrogen-bond donors (Lipinski definition) is 1. The van der Waals surface area contributed by atoms with Crippen LogP contribution in [0, 0.1) is 6.92 Å². The maximum absolute atomic E-state index is 13.1. The molecule has 1 aromatic carbocycles. The summed E-state index contributed by atoms with van der Waals surface area (Å²) in [5, 5.41) is 5.64. The lowest BCUT2D eigenvalue weighted by Gasteiger charge is -2.34. The molecular weight excluding hydrogens is 370 g/mol. The van der Waals surface area contributed by atoms with Crippen molar-refractivity contribution in [3.8, 4) is 0 Å². The smallest absolute Gasteiger partial charge is 0.256 e. The van der Waals surface area contributed by atoms with Gasteiger partial charge in [-0.05, 0) is 31.9 Å². The molecule has 1 heterocycles. The first kappa shape index (κ1) is 18.9. The van der Waals surface area contributed by atoms with E-state index >= 15 is 0 Å². The standard InChI is InChI=1S/C19H22ClN3O2S/c1-13-12-26-19(21-13)22-17(24)11-23(14-7-3-2-4-8-14)18(25)15-9-5-6-10-16(15)20/h5-6,9-10,12,14H,2-4,7-8,11H2,1H3,(H,21,22,24). The summed E-state index contributed by atoms with van der Waals surface area (Å²) in [5.41, 5.74) is 1.30. The molecule has 1 aliphatic rings. The summed E-state index contributed by atoms with van der Waals surface area (Å²) in [4.78, 5) is 31.6. The Labute approximate surface area is 162 Å². The van der Waals surface area contributed by atoms with E-state index in [0.29, 0.717) is 15.7 Å². The van der Waals surface area contributed by atoms with Crippen molar-refractivity contribution in [3.63, 3.8) is 0 Å². The average Bonchev–Trinajstić information content (AvgIpc) is 3.05. The van der Waals surface area contributed by atoms with Gasteiger partial charge in [0.25, 0.3) is 5.91 Å². The van der Waals surface area contributed by atoms with Crippen molar-refractivity contribution in [3.05, 3.63) is 45.9 Å². The second-order valence-corrected chi connectivity index (χ2v) is 7.81. The fourth-order valence-corrected chi connectivity index (χ4v) is 4.19. The first-order valence-electron chi connectivity index (χ1n) is 8.82. The summed E-state index contributed by atoms with van der Waals surface area (Å²) in [6.07, 6.45) is 5.16. The van der Waals surface area contributed by atoms with Crippen LogP contribution in [0.25, 0.3) is 0 Å². The molecule has 3 rings (SSSR count). The van der Waals surface area contributed by atoms with E-state index in [-0.39, 0.29) is 24.4 Å². The quantitative estimate of drug-likeness (QED) is 0.815. The Bertz CT molecular complexity index is 787. The molecule has 1 fully saturated rings. The predicted octanol–water partition coefficient (Wildman–Crippen LogP) is 4.52. The van der Waals surface area contributed by atoms with Gasteiger partial charge in [0.05, 0.1) is 16.3 Å². The zero-order valence-electron chi connectivity index (χ0n) is 14.7. The van der Waals surface area contributed by atoms with E-state index in [0.717, 1.165) is 31.4 Å². The van der Waals surface area contributed by atoms with Crippen LogP contribution in [0.3, 0.4) is 0 Å². The van der Waals surface area contributed by atoms with Gasteiger partial charge in [0.1, 0.15) is 6.54 Å². The lowest BCUT2D eigenvalue weighted by Crippen LogP contribution is -2.45. The second-order valence-electron chi connectivity index (χ2n) is 6.55. The Morgan fingerprint density at radius 1 is 1.27 bits per heavy atom. The van der Waals surface area contributed by atoms with Crippen molar-refractivity contribution in [2.75, 3.05) is 11.9 Å². The highest BCUT2D eigenvalue weighted by atomic mass is 35.5. The third-order valence-electron chi connectivity index (χ3n) is 4.56. The average molecular weight is 392 g/mol. The van der Waals surface area contributed by atoms with Crippen LogP contribution in [0.15, 0.2) is 29.6 Å². The minimum Gasteiger partial charge on any atom is -0.326 e. The van der Waals surface area contributed by atoms with Crippen molar-refractivity contribution >= 4 is 39.9 Å². The van der Waals surface area contributed by atoms with Crippen LogP contribution >= 0.6 is 22.9 Å². The van der Waals surface area contributed by atoms with Crippen molar-refractivity contribution in [1.82, 2.24) is 9.88 Å². The van der Waals surface area contributed by atoms with Crippen LogP contribution in [0.1, 0.15) is 48.2 Å². The Morgan fingerprint density at radius 3 is 2.65 bits per heavy atom. The second kappa shape index (κ2) is 8.64. The minimum atomic E-state index is -0.231. The number of aryl methyl sites for hydroxylation is 1. The number of rotatable bonds is 5. The van der Waals surface area contributed by atoms with E-state index in [1.165, 1.54) is 17.8 Å². The Balaban J connectivity index is 1.77. The van der Waals surface area contributed by atoms with Gasteiger partial charge in [-0.15, -0.1) is 11.3 Å². The summed E-state index contributed by atoms with van der Waals surface area (Å²) in [6, 6.07) is 7.06. The summed E-state index contributed by atoms with van der Waals surface area (Å²) in [5.74, 6) is -0.418. The number of carbonyl (C=O) groups is 2. The van der Waals surface area contributed by atoms with Crippen molar-refractivity contribution < 1.29 is 9.59 Å². The van der Waals surface area contributed by atoms with Gasteiger partial charge in [0.2, 0.25) is 5.91 Å². The monoisotopic (exact) mass is 391 g/mol. The maximum Gasteiger partial charge on any atom is 0.256 e. The van der Waals surface area contributed by atoms with Gasteiger partial charge < -0.3 is 10.2 Å². The molecule has 26 heavy (non-hydrogen) atoms. The lowest BCUT2D eigenvalue weighted by atomic mass is 9.93. The number of hydrogen-bond acceptors (Lipinski definition) is 4. The van der Waals surface area contributed by atoms with E-state index < -0.39 is 0 Å². The van der Waals surface area contributed by atoms with Gasteiger partial charge in [0.15, 0.2) is 5.13 Å². The molecule has 7 heteroatoms. The third-order valence-corrected chi connectivity index (χ3v) is 5.77. The van der Waals surface area contributed by atoms with Gasteiger partial charge in [-0.3, -0.25) is 9.59 Å². The molecule has 0 saturated heterocycles. The van der Waals surface area contributed by atoms with Crippen LogP contribution in [0.5, 0.6) is 0 Å². The van der Waals surface area contributed by atoms with E-state index in [2.05, 4.69) is 10.3 Å². The summed E-state index contributed by atoms with van der Waals surface area (Å²) in [7, 11) is 0. The molecule has 0 atom stereocenters. The molecule has 1 saturated carbocycles. The number of thiazole rings is 1. The van der Waals surface area contributed by atoms with Crippen molar-refractivity contribution in [2.45, 2.75) is 45.1 Å². The van der Waals surface area contributed by atoms with Crippen LogP contribution in [-0.4, -0.2) is 34.3 Å². The number of anilines is 1. The van der Waals surface area contributed by atoms with Gasteiger partial charge in [-0.2, -0.15) is 0 Å². The van der Waals surface area contributed by atoms with Gasteiger partial charge in [-0.25, -0.2) is 4.98 Å². The highest BCUT2D eigenvalue weighted by molar-refractivity contribution is 7.13. The summed E-state index contributed by atoms with van der Waals surface area (Å²) < 4.78 is 0. The number of halogens is 1. The first-order valence-corrected chi connectivity index (χ1v) is 10.1. The third kappa shape index (κ3) is 4.62. The molecule has 138 valence electrons. The first-order chi connectivity index (χ1) is 12.5. The van der Waals surface area contributed by atoms with Crippen LogP contribution in [-0.2, 0) is 4.79 Å². The van der Waals surface area contributed by atoms with E-state index in [4.69, 9.17) is 11.6 Å². The normalized spacial score (nSPS) is 14.8. The lowest BCUT2D eigenvalue weighted by molar-refractivity contribution is -0.117. The fourth-order valence-electron chi connectivity index (χ4n) is 3.27. The highest BCUT2D eigenvalue weighted by Gasteiger charge is 2.29. The van der Waals surface area contributed by atoms with E-state index in [1.807, 2.05) is 12.3 Å². The van der Waals surface area contributed by atoms with Crippen molar-refractivity contribution in [1.29, 1.82) is 0 Å². The zero-order valence-corrected chi connectivity index (χ0v) is 16.3. The Hall–Kier alpha value is -1.92. The molecule has 0 unspecified atom stereocenters. The van der Waals surface area contributed by atoms with Gasteiger partial charge in [-0.1, -0.05) is 43.0 Å². The molecule has 2 aromatic rings. The predicted molar refractivity (Wildman–Crippen MR) is 105 cm³/mol. The fraction of sp³-hybridized carbons (Fsp3) is 0.421. The molecule has 0 spiro atoms. The SMILES string of the molecule is Cc1csc(NC(=O)CN(C(=O)c2ccccc2Cl)C2CCCCC2)n1. The Morgan fingerprint density at radius 2 is 2.00 bits per heavy atom. The van der Waals surface area contributed by atoms with Gasteiger partial charge >= 0.3 is 0 Å². The molecular formula is C19H22ClN3O2S. The minimum absolute atomic E-state index is 0.00729. The molecule has 0 aliphatic heterocycles. The molecule has 0 bridgehead atoms. The van der Waals surface area contributed by atoms with Crippen LogP contribution in [0.4, 0.5) is 5.13 Å². The summed E-state index contributed by atoms with van der Waals surface area (Å²) >= 11 is 7.59. The van der Waals surface area contributed by atoms with Crippen LogP contribution < -0.4 is 5.32 Å². The zero-order chi connectivity index (χ0) is 18.5. The number of aromatic nitrogens is 1. The Kier molecular flexibility index (Phi) is 6.27. The topological polar surface area (TPSA) is 62.3 Å². The molecule has 1 N–H and O–H groups in total. The van der Waals surface area contributed by atoms with E-state index in [9.17, 15) is 9.59 Å². The highest BCUT2D eigenvalue weighted by Crippen LogP contribution is 2.26. The number of benzene rings is 1. The maximum atomic E-state index is 13.1. The van der Waals surface area contributed by atoms with E-state index in [1.54, 1.807) is 29.2 Å². The number of carbonyl (C=O) groups excluding carboxylic acids is 2. The largest absolute Gasteiger partial charge is 0.326 e. The van der Waals surface area contributed by atoms with Gasteiger partial charge in [0, 0.05) is 11.4 Å². The number of amides is 2. The molecule has 1 aliphatic carbocycles. The van der Waals surface area contributed by atoms with Crippen molar-refractivity contribution in [2.24, 2.45) is 0 Å². The molecule has 2 amide bonds. The molecule has 0 radical (unpaired) electrons. The molecule has 1 aromatic heterocycles. The van der Waals surface area contributed by atoms with Crippen LogP contribution in [0.2, 0.25) is 5.02 Å². The number of nitrogens with zero attached hydrogens (tertiary/aromatic N) is 2. The number of nitrogens with one attached hydrogen (secondary N) is 1.